The lowest BCUT2D eigenvalue weighted by atomic mass is 10.1. The highest BCUT2D eigenvalue weighted by Gasteiger charge is 2.34. The molecule has 0 spiro atoms. The van der Waals surface area contributed by atoms with Crippen LogP contribution in [0.25, 0.3) is 0 Å². The van der Waals surface area contributed by atoms with Crippen LogP contribution in [0.2, 0.25) is 0 Å². The number of amidine groups is 1. The van der Waals surface area contributed by atoms with Gasteiger partial charge in [0, 0.05) is 24.5 Å². The predicted molar refractivity (Wildman–Crippen MR) is 99.2 cm³/mol. The normalized spacial score (nSPS) is 16.3. The minimum Gasteiger partial charge on any atom is -0.409 e. The Balaban J connectivity index is 1.64. The van der Waals surface area contributed by atoms with E-state index in [9.17, 15) is 18.0 Å². The second kappa shape index (κ2) is 8.10. The largest absolute Gasteiger partial charge is 0.409 e. The quantitative estimate of drug-likeness (QED) is 0.185. The van der Waals surface area contributed by atoms with Gasteiger partial charge in [0.25, 0.3) is 10.2 Å². The third kappa shape index (κ3) is 4.76. The van der Waals surface area contributed by atoms with Crippen molar-refractivity contribution in [2.24, 2.45) is 16.2 Å². The van der Waals surface area contributed by atoms with Crippen molar-refractivity contribution in [3.8, 4) is 0 Å². The number of oxime groups is 1. The standard InChI is InChI=1S/C13H14BrFN6O4S2/c14-9-3-8(1-2-10(9)15)17-12(18-22)11-13(20-25-19-11)26-6-7-4-21(5-7)27(16,23)24/h1-3,7,22H,4-6H2,(H,17,18)(H2,16,23,24). The monoisotopic (exact) mass is 480 g/mol. The van der Waals surface area contributed by atoms with Crippen LogP contribution in [0.4, 0.5) is 10.1 Å². The van der Waals surface area contributed by atoms with Crippen LogP contribution in [0.15, 0.2) is 37.5 Å². The number of thioether (sulfide) groups is 1. The highest BCUT2D eigenvalue weighted by Crippen LogP contribution is 2.28. The van der Waals surface area contributed by atoms with E-state index >= 15 is 0 Å². The van der Waals surface area contributed by atoms with Gasteiger partial charge in [0.05, 0.1) is 4.47 Å². The Hall–Kier alpha value is -1.74. The second-order valence-electron chi connectivity index (χ2n) is 5.66. The fourth-order valence-electron chi connectivity index (χ4n) is 2.29. The van der Waals surface area contributed by atoms with Gasteiger partial charge in [-0.25, -0.2) is 14.2 Å². The summed E-state index contributed by atoms with van der Waals surface area (Å²) in [6.07, 6.45) is 0. The summed E-state index contributed by atoms with van der Waals surface area (Å²) in [6.45, 7) is 0.657. The average molecular weight is 481 g/mol. The van der Waals surface area contributed by atoms with E-state index in [0.29, 0.717) is 29.6 Å². The first kappa shape index (κ1) is 20.0. The van der Waals surface area contributed by atoms with Crippen molar-refractivity contribution in [1.82, 2.24) is 14.6 Å². The number of rotatable bonds is 6. The van der Waals surface area contributed by atoms with Gasteiger partial charge in [0.2, 0.25) is 5.84 Å². The molecule has 0 amide bonds. The number of benzene rings is 1. The molecular weight excluding hydrogens is 467 g/mol. The molecule has 27 heavy (non-hydrogen) atoms. The Labute approximate surface area is 166 Å². The fourth-order valence-corrected chi connectivity index (χ4v) is 4.47. The first-order valence-corrected chi connectivity index (χ1v) is 10.7. The first-order valence-electron chi connectivity index (χ1n) is 7.45. The fraction of sp³-hybridized carbons (Fsp3) is 0.308. The molecule has 0 atom stereocenters. The molecule has 1 aliphatic heterocycles. The zero-order valence-electron chi connectivity index (χ0n) is 13.5. The Kier molecular flexibility index (Phi) is 6.00. The van der Waals surface area contributed by atoms with Gasteiger partial charge in [-0.05, 0) is 50.4 Å². The Morgan fingerprint density at radius 1 is 1.52 bits per heavy atom. The van der Waals surface area contributed by atoms with Crippen LogP contribution < -0.4 is 10.5 Å². The van der Waals surface area contributed by atoms with Crippen LogP contribution in [0.1, 0.15) is 5.69 Å². The number of nitrogens with zero attached hydrogens (tertiary/aromatic N) is 4. The zero-order valence-corrected chi connectivity index (χ0v) is 16.8. The van der Waals surface area contributed by atoms with Crippen molar-refractivity contribution in [3.05, 3.63) is 34.2 Å². The number of nitrogens with one attached hydrogen (secondary N) is 1. The summed E-state index contributed by atoms with van der Waals surface area (Å²) in [5, 5.41) is 28.2. The van der Waals surface area contributed by atoms with E-state index in [2.05, 4.69) is 36.7 Å². The van der Waals surface area contributed by atoms with E-state index in [1.54, 1.807) is 0 Å². The molecule has 0 saturated carbocycles. The van der Waals surface area contributed by atoms with Crippen molar-refractivity contribution >= 4 is 49.4 Å². The summed E-state index contributed by atoms with van der Waals surface area (Å²) >= 11 is 4.35. The molecule has 3 rings (SSSR count). The van der Waals surface area contributed by atoms with Gasteiger partial charge >= 0.3 is 0 Å². The van der Waals surface area contributed by atoms with Crippen LogP contribution in [-0.4, -0.2) is 52.9 Å². The van der Waals surface area contributed by atoms with Gasteiger partial charge in [0.1, 0.15) is 5.82 Å². The summed E-state index contributed by atoms with van der Waals surface area (Å²) in [7, 11) is -3.65. The van der Waals surface area contributed by atoms with Gasteiger partial charge in [0.15, 0.2) is 10.7 Å². The van der Waals surface area contributed by atoms with Crippen LogP contribution in [0, 0.1) is 11.7 Å². The molecule has 1 aromatic carbocycles. The lowest BCUT2D eigenvalue weighted by Gasteiger charge is -2.36. The molecule has 14 heteroatoms. The van der Waals surface area contributed by atoms with Crippen molar-refractivity contribution in [2.45, 2.75) is 5.03 Å². The zero-order chi connectivity index (χ0) is 19.6. The van der Waals surface area contributed by atoms with E-state index in [4.69, 9.17) is 9.77 Å². The second-order valence-corrected chi connectivity index (χ2v) is 9.07. The molecular formula is C13H14BrFN6O4S2. The Morgan fingerprint density at radius 2 is 2.26 bits per heavy atom. The molecule has 1 saturated heterocycles. The molecule has 4 N–H and O–H groups in total. The summed E-state index contributed by atoms with van der Waals surface area (Å²) in [5.41, 5.74) is 0.628. The molecule has 146 valence electrons. The minimum absolute atomic E-state index is 0.0305. The van der Waals surface area contributed by atoms with Crippen molar-refractivity contribution in [1.29, 1.82) is 0 Å². The molecule has 1 aromatic heterocycles. The van der Waals surface area contributed by atoms with Gasteiger partial charge in [-0.3, -0.25) is 0 Å². The maximum absolute atomic E-state index is 13.3. The highest BCUT2D eigenvalue weighted by atomic mass is 79.9. The topological polar surface area (TPSA) is 147 Å². The lowest BCUT2D eigenvalue weighted by Crippen LogP contribution is -2.53. The van der Waals surface area contributed by atoms with E-state index in [0.717, 1.165) is 0 Å². The number of hydrogen-bond acceptors (Lipinski definition) is 8. The van der Waals surface area contributed by atoms with Gasteiger partial charge in [-0.15, -0.1) is 11.8 Å². The summed E-state index contributed by atoms with van der Waals surface area (Å²) in [4.78, 5) is 0. The molecule has 0 radical (unpaired) electrons. The van der Waals surface area contributed by atoms with Crippen LogP contribution >= 0.6 is 27.7 Å². The van der Waals surface area contributed by atoms with E-state index in [-0.39, 0.29) is 21.9 Å². The molecule has 0 bridgehead atoms. The maximum Gasteiger partial charge on any atom is 0.276 e. The predicted octanol–water partition coefficient (Wildman–Crippen LogP) is 1.45. The third-order valence-corrected chi connectivity index (χ3v) is 6.51. The van der Waals surface area contributed by atoms with E-state index in [1.165, 1.54) is 34.3 Å². The molecule has 2 heterocycles. The summed E-state index contributed by atoms with van der Waals surface area (Å²) in [5.74, 6) is 0.190. The number of nitrogens with two attached hydrogens (primary N) is 1. The highest BCUT2D eigenvalue weighted by molar-refractivity contribution is 9.10. The maximum atomic E-state index is 13.3. The van der Waals surface area contributed by atoms with E-state index < -0.39 is 16.0 Å². The SMILES string of the molecule is NS(=O)(=O)N1CC(CSc2nonc2/C(=N/O)Nc2ccc(F)c(Br)c2)C1. The summed E-state index contributed by atoms with van der Waals surface area (Å²) < 4.78 is 41.8. The average Bonchev–Trinajstić information content (AvgIpc) is 3.01. The summed E-state index contributed by atoms with van der Waals surface area (Å²) in [6, 6.07) is 4.17. The smallest absolute Gasteiger partial charge is 0.276 e. The minimum atomic E-state index is -3.65. The number of halogens is 2. The Morgan fingerprint density at radius 3 is 2.89 bits per heavy atom. The van der Waals surface area contributed by atoms with E-state index in [1.807, 2.05) is 0 Å². The number of aromatic nitrogens is 2. The lowest BCUT2D eigenvalue weighted by molar-refractivity contribution is 0.222. The van der Waals surface area contributed by atoms with Gasteiger partial charge in [-0.2, -0.15) is 12.7 Å². The van der Waals surface area contributed by atoms with Crippen molar-refractivity contribution in [3.63, 3.8) is 0 Å². The molecule has 0 aliphatic carbocycles. The van der Waals surface area contributed by atoms with Crippen LogP contribution in [0.3, 0.4) is 0 Å². The first-order chi connectivity index (χ1) is 12.8. The van der Waals surface area contributed by atoms with Crippen molar-refractivity contribution in [2.75, 3.05) is 24.2 Å². The van der Waals surface area contributed by atoms with Crippen LogP contribution in [0.5, 0.6) is 0 Å². The number of anilines is 1. The molecule has 1 fully saturated rings. The van der Waals surface area contributed by atoms with Gasteiger partial charge in [-0.1, -0.05) is 5.16 Å². The van der Waals surface area contributed by atoms with Crippen molar-refractivity contribution < 1.29 is 22.6 Å². The third-order valence-electron chi connectivity index (χ3n) is 3.70. The molecule has 0 unspecified atom stereocenters. The van der Waals surface area contributed by atoms with Gasteiger partial charge < -0.3 is 10.5 Å². The molecule has 10 nitrogen and oxygen atoms in total. The molecule has 1 aliphatic rings. The molecule has 2 aromatic rings. The van der Waals surface area contributed by atoms with Crippen LogP contribution in [-0.2, 0) is 10.2 Å². The number of hydrogen-bond donors (Lipinski definition) is 3. The Bertz CT molecular complexity index is 963.